The first kappa shape index (κ1) is 9.63. The maximum atomic E-state index is 14.2. The molecule has 1 aromatic carbocycles. The fourth-order valence-electron chi connectivity index (χ4n) is 1.58. The lowest BCUT2D eigenvalue weighted by atomic mass is 10.2. The molecular formula is C12H14BrFN4. The number of aryl methyl sites for hydroxylation is 1. The minimum Gasteiger partial charge on any atom is -0.311 e. The minimum absolute atomic E-state index is 0.143. The van der Waals surface area contributed by atoms with Crippen LogP contribution in [-0.4, -0.2) is 21.8 Å². The summed E-state index contributed by atoms with van der Waals surface area (Å²) in [6, 6.07) is 3.68. The predicted molar refractivity (Wildman–Crippen MR) is 71.2 cm³/mol. The molecular weight excluding hydrogens is 299 g/mol. The van der Waals surface area contributed by atoms with Crippen LogP contribution in [0.3, 0.4) is 0 Å². The van der Waals surface area contributed by atoms with E-state index in [0.29, 0.717) is 5.82 Å². The summed E-state index contributed by atoms with van der Waals surface area (Å²) >= 11 is 3.11. The number of hydrogen-bond donors (Lipinski definition) is 1. The lowest BCUT2D eigenvalue weighted by Gasteiger charge is -2.12. The zero-order valence-electron chi connectivity index (χ0n) is 12.9. The Labute approximate surface area is 118 Å². The van der Waals surface area contributed by atoms with Crippen molar-refractivity contribution in [3.63, 3.8) is 0 Å². The van der Waals surface area contributed by atoms with Gasteiger partial charge in [-0.2, -0.15) is 5.10 Å². The summed E-state index contributed by atoms with van der Waals surface area (Å²) in [5.41, 5.74) is 0.143. The third-order valence-corrected chi connectivity index (χ3v) is 3.06. The van der Waals surface area contributed by atoms with Crippen molar-refractivity contribution in [1.82, 2.24) is 20.1 Å². The summed E-state index contributed by atoms with van der Waals surface area (Å²) < 4.78 is 38.5. The largest absolute Gasteiger partial charge is 0.311 e. The summed E-state index contributed by atoms with van der Waals surface area (Å²) in [4.78, 5) is 4.14. The molecule has 0 saturated heterocycles. The van der Waals surface area contributed by atoms with E-state index in [-0.39, 0.29) is 16.0 Å². The lowest BCUT2D eigenvalue weighted by molar-refractivity contribution is 0.564. The number of rotatable bonds is 3. The van der Waals surface area contributed by atoms with E-state index < -0.39 is 18.7 Å². The highest BCUT2D eigenvalue weighted by Crippen LogP contribution is 2.23. The molecule has 0 aliphatic rings. The summed E-state index contributed by atoms with van der Waals surface area (Å²) in [6.07, 6.45) is 0. The van der Waals surface area contributed by atoms with Crippen LogP contribution in [0.2, 0.25) is 0 Å². The number of hydrogen-bond acceptors (Lipinski definition) is 3. The second-order valence-electron chi connectivity index (χ2n) is 3.72. The van der Waals surface area contributed by atoms with E-state index >= 15 is 0 Å². The van der Waals surface area contributed by atoms with Crippen LogP contribution in [-0.2, 0) is 0 Å². The molecule has 0 amide bonds. The Kier molecular flexibility index (Phi) is 2.76. The first-order valence-corrected chi connectivity index (χ1v) is 6.10. The summed E-state index contributed by atoms with van der Waals surface area (Å²) in [5, 5.41) is 6.82. The van der Waals surface area contributed by atoms with Gasteiger partial charge in [0.1, 0.15) is 17.3 Å². The fraction of sp³-hybridized carbons (Fsp3) is 0.333. The molecule has 6 heteroatoms. The van der Waals surface area contributed by atoms with Crippen molar-refractivity contribution >= 4 is 15.9 Å². The van der Waals surface area contributed by atoms with Crippen LogP contribution >= 0.6 is 15.9 Å². The van der Waals surface area contributed by atoms with E-state index in [1.165, 1.54) is 17.8 Å². The zero-order chi connectivity index (χ0) is 15.8. The maximum Gasteiger partial charge on any atom is 0.163 e. The molecule has 96 valence electrons. The van der Waals surface area contributed by atoms with Gasteiger partial charge in [0.15, 0.2) is 5.82 Å². The third kappa shape index (κ3) is 2.30. The average molecular weight is 316 g/mol. The first-order chi connectivity index (χ1) is 9.75. The topological polar surface area (TPSA) is 42.7 Å². The number of halogens is 2. The van der Waals surface area contributed by atoms with Crippen molar-refractivity contribution in [2.45, 2.75) is 19.8 Å². The van der Waals surface area contributed by atoms with E-state index in [1.807, 2.05) is 0 Å². The molecule has 0 saturated carbocycles. The molecule has 1 aromatic heterocycles. The maximum absolute atomic E-state index is 14.2. The van der Waals surface area contributed by atoms with Gasteiger partial charge in [-0.1, -0.05) is 6.07 Å². The van der Waals surface area contributed by atoms with Crippen LogP contribution in [0.25, 0.3) is 5.69 Å². The van der Waals surface area contributed by atoms with Crippen LogP contribution < -0.4 is 5.32 Å². The molecule has 2 aromatic rings. The number of benzene rings is 1. The van der Waals surface area contributed by atoms with Crippen LogP contribution in [0.4, 0.5) is 4.39 Å². The molecule has 0 bridgehead atoms. The van der Waals surface area contributed by atoms with Crippen molar-refractivity contribution in [3.8, 4) is 5.69 Å². The Hall–Kier alpha value is -1.27. The average Bonchev–Trinajstić information content (AvgIpc) is 2.73. The van der Waals surface area contributed by atoms with Crippen LogP contribution in [0, 0.1) is 12.7 Å². The Morgan fingerprint density at radius 1 is 1.56 bits per heavy atom. The fourth-order valence-corrected chi connectivity index (χ4v) is 1.94. The molecule has 0 radical (unpaired) electrons. The quantitative estimate of drug-likeness (QED) is 0.947. The zero-order valence-corrected chi connectivity index (χ0v) is 11.5. The van der Waals surface area contributed by atoms with Gasteiger partial charge in [-0.05, 0) is 48.9 Å². The smallest absolute Gasteiger partial charge is 0.163 e. The van der Waals surface area contributed by atoms with Gasteiger partial charge >= 0.3 is 0 Å². The lowest BCUT2D eigenvalue weighted by Crippen LogP contribution is -2.18. The van der Waals surface area contributed by atoms with Crippen molar-refractivity contribution in [2.75, 3.05) is 7.05 Å². The minimum atomic E-state index is -2.32. The predicted octanol–water partition coefficient (Wildman–Crippen LogP) is 2.76. The van der Waals surface area contributed by atoms with Gasteiger partial charge in [0.05, 0.1) is 10.5 Å². The van der Waals surface area contributed by atoms with Crippen molar-refractivity contribution in [2.24, 2.45) is 0 Å². The highest BCUT2D eigenvalue weighted by atomic mass is 79.9. The Balaban J connectivity index is 2.63. The van der Waals surface area contributed by atoms with E-state index in [2.05, 4.69) is 31.3 Å². The van der Waals surface area contributed by atoms with Crippen molar-refractivity contribution in [3.05, 3.63) is 40.1 Å². The van der Waals surface area contributed by atoms with E-state index in [9.17, 15) is 4.39 Å². The standard InChI is InChI=1S/C12H14BrFN4/c1-7(15-3)12-16-8(2)17-18(12)10-6-4-5-9(13)11(10)14/h4-7,15H,1-3H3/i1D3. The molecule has 2 rings (SSSR count). The normalized spacial score (nSPS) is 15.9. The van der Waals surface area contributed by atoms with E-state index in [4.69, 9.17) is 4.11 Å². The highest BCUT2D eigenvalue weighted by Gasteiger charge is 2.18. The van der Waals surface area contributed by atoms with Crippen LogP contribution in [0.1, 0.15) is 28.7 Å². The molecule has 0 aliphatic heterocycles. The highest BCUT2D eigenvalue weighted by molar-refractivity contribution is 9.10. The van der Waals surface area contributed by atoms with Crippen LogP contribution in [0.15, 0.2) is 22.7 Å². The molecule has 0 fully saturated rings. The third-order valence-electron chi connectivity index (χ3n) is 2.44. The second-order valence-corrected chi connectivity index (χ2v) is 4.58. The monoisotopic (exact) mass is 315 g/mol. The second kappa shape index (κ2) is 5.16. The van der Waals surface area contributed by atoms with Gasteiger partial charge < -0.3 is 5.32 Å². The SMILES string of the molecule is [2H]C([2H])([2H])C(NC)c1nc(C)nn1-c1cccc(Br)c1F. The van der Waals surface area contributed by atoms with Gasteiger partial charge in [-0.3, -0.25) is 0 Å². The molecule has 1 N–H and O–H groups in total. The van der Waals surface area contributed by atoms with Gasteiger partial charge in [0.2, 0.25) is 0 Å². The number of aromatic nitrogens is 3. The molecule has 0 spiro atoms. The number of nitrogens with zero attached hydrogens (tertiary/aromatic N) is 3. The van der Waals surface area contributed by atoms with Gasteiger partial charge in [-0.15, -0.1) is 0 Å². The Bertz CT molecular complexity index is 656. The number of nitrogens with one attached hydrogen (secondary N) is 1. The summed E-state index contributed by atoms with van der Waals surface area (Å²) in [5.74, 6) is -0.00933. The van der Waals surface area contributed by atoms with Crippen molar-refractivity contribution < 1.29 is 8.50 Å². The molecule has 0 aliphatic carbocycles. The Morgan fingerprint density at radius 3 is 3.00 bits per heavy atom. The molecule has 1 atom stereocenters. The summed E-state index contributed by atoms with van der Waals surface area (Å²) in [6.45, 7) is -0.698. The molecule has 1 heterocycles. The molecule has 1 unspecified atom stereocenters. The summed E-state index contributed by atoms with van der Waals surface area (Å²) in [7, 11) is 1.52. The van der Waals surface area contributed by atoms with Gasteiger partial charge in [0.25, 0.3) is 0 Å². The van der Waals surface area contributed by atoms with E-state index in [1.54, 1.807) is 19.1 Å². The Morgan fingerprint density at radius 2 is 2.33 bits per heavy atom. The van der Waals surface area contributed by atoms with Crippen LogP contribution in [0.5, 0.6) is 0 Å². The van der Waals surface area contributed by atoms with Gasteiger partial charge in [-0.25, -0.2) is 14.1 Å². The van der Waals surface area contributed by atoms with E-state index in [0.717, 1.165) is 0 Å². The van der Waals surface area contributed by atoms with Crippen molar-refractivity contribution in [1.29, 1.82) is 0 Å². The van der Waals surface area contributed by atoms with Gasteiger partial charge in [0, 0.05) is 4.11 Å². The molecule has 18 heavy (non-hydrogen) atoms. The molecule has 4 nitrogen and oxygen atoms in total. The first-order valence-electron chi connectivity index (χ1n) is 6.81.